The van der Waals surface area contributed by atoms with Crippen LogP contribution in [0.4, 0.5) is 21.5 Å². The number of aromatic amines is 1. The van der Waals surface area contributed by atoms with Crippen LogP contribution in [0.3, 0.4) is 0 Å². The van der Waals surface area contributed by atoms with Gasteiger partial charge in [-0.1, -0.05) is 12.1 Å². The van der Waals surface area contributed by atoms with Crippen LogP contribution in [-0.2, 0) is 0 Å². The first-order valence-corrected chi connectivity index (χ1v) is 10.7. The number of hydrogen-bond donors (Lipinski definition) is 3. The van der Waals surface area contributed by atoms with E-state index in [-0.39, 0.29) is 11.9 Å². The molecule has 1 aliphatic heterocycles. The fraction of sp³-hybridized carbons (Fsp3) is 0.0800. The van der Waals surface area contributed by atoms with Crippen molar-refractivity contribution in [3.05, 3.63) is 90.0 Å². The van der Waals surface area contributed by atoms with Crippen LogP contribution in [0.15, 0.2) is 73.1 Å². The molecule has 1 atom stereocenters. The number of anilines is 3. The number of hydrazine groups is 2. The molecule has 9 heteroatoms. The normalized spacial score (nSPS) is 13.5. The van der Waals surface area contributed by atoms with Gasteiger partial charge < -0.3 is 5.43 Å². The van der Waals surface area contributed by atoms with Gasteiger partial charge in [-0.15, -0.1) is 5.53 Å². The van der Waals surface area contributed by atoms with Gasteiger partial charge in [0.15, 0.2) is 0 Å². The first kappa shape index (κ1) is 20.0. The third-order valence-corrected chi connectivity index (χ3v) is 6.15. The average molecular weight is 450 g/mol. The van der Waals surface area contributed by atoms with E-state index in [9.17, 15) is 0 Å². The van der Waals surface area contributed by atoms with Crippen LogP contribution >= 0.6 is 0 Å². The van der Waals surface area contributed by atoms with Crippen LogP contribution < -0.4 is 16.0 Å². The van der Waals surface area contributed by atoms with E-state index in [4.69, 9.17) is 5.26 Å². The molecule has 2 aromatic heterocycles. The minimum atomic E-state index is -0.354. The van der Waals surface area contributed by atoms with Crippen molar-refractivity contribution in [3.63, 3.8) is 0 Å². The maximum absolute atomic E-state index is 15.3. The van der Waals surface area contributed by atoms with Gasteiger partial charge in [0.1, 0.15) is 5.82 Å². The molecular formula is C25H19FN8. The average Bonchev–Trinajstić information content (AvgIpc) is 3.61. The first-order chi connectivity index (χ1) is 16.6. The molecule has 0 radical (unpaired) electrons. The lowest BCUT2D eigenvalue weighted by atomic mass is 10.0. The summed E-state index contributed by atoms with van der Waals surface area (Å²) in [6.45, 7) is 2.00. The molecule has 166 valence electrons. The molecule has 0 spiro atoms. The number of fused-ring (bicyclic) bond motifs is 2. The van der Waals surface area contributed by atoms with Gasteiger partial charge in [-0.2, -0.15) is 15.5 Å². The van der Waals surface area contributed by atoms with Crippen LogP contribution in [-0.4, -0.2) is 20.0 Å². The molecule has 0 saturated heterocycles. The highest BCUT2D eigenvalue weighted by Crippen LogP contribution is 2.40. The number of nitrogens with zero attached hydrogens (tertiary/aromatic N) is 5. The highest BCUT2D eigenvalue weighted by atomic mass is 19.1. The lowest BCUT2D eigenvalue weighted by Crippen LogP contribution is -2.31. The molecule has 8 nitrogen and oxygen atoms in total. The Labute approximate surface area is 194 Å². The van der Waals surface area contributed by atoms with E-state index < -0.39 is 0 Å². The second-order valence-corrected chi connectivity index (χ2v) is 8.13. The molecule has 1 aliphatic rings. The molecule has 0 saturated carbocycles. The molecule has 0 fully saturated rings. The number of halogens is 1. The van der Waals surface area contributed by atoms with Gasteiger partial charge in [-0.25, -0.2) is 4.39 Å². The standard InChI is InChI=1S/C25H19FN8/c1-15(17-4-2-16(13-27)3-5-17)33-24(8-9-29-33)20-11-25-23(12-21(20)26)31-32-34(25)19-7-6-18-14-28-30-22(18)10-19/h2-12,14-15,31-32H,1H3,(H,28,30). The molecule has 3 aromatic carbocycles. The van der Waals surface area contributed by atoms with Crippen molar-refractivity contribution in [2.24, 2.45) is 0 Å². The Hall–Kier alpha value is -4.68. The van der Waals surface area contributed by atoms with Crippen molar-refractivity contribution in [1.82, 2.24) is 25.5 Å². The Morgan fingerprint density at radius 2 is 1.91 bits per heavy atom. The van der Waals surface area contributed by atoms with E-state index in [1.165, 1.54) is 6.07 Å². The third kappa shape index (κ3) is 3.17. The molecule has 0 aliphatic carbocycles. The van der Waals surface area contributed by atoms with Crippen molar-refractivity contribution >= 4 is 28.0 Å². The molecule has 0 amide bonds. The zero-order valence-electron chi connectivity index (χ0n) is 18.1. The topological polar surface area (TPSA) is 97.6 Å². The summed E-state index contributed by atoms with van der Waals surface area (Å²) < 4.78 is 17.1. The molecule has 3 N–H and O–H groups in total. The quantitative estimate of drug-likeness (QED) is 0.355. The lowest BCUT2D eigenvalue weighted by Gasteiger charge is -2.20. The molecule has 3 heterocycles. The Bertz CT molecular complexity index is 1560. The van der Waals surface area contributed by atoms with Crippen LogP contribution in [0, 0.1) is 17.1 Å². The summed E-state index contributed by atoms with van der Waals surface area (Å²) in [5, 5.41) is 23.5. The summed E-state index contributed by atoms with van der Waals surface area (Å²) in [5.74, 6) is -0.354. The van der Waals surface area contributed by atoms with Gasteiger partial charge in [0.05, 0.1) is 52.1 Å². The van der Waals surface area contributed by atoms with E-state index in [0.717, 1.165) is 27.8 Å². The summed E-state index contributed by atoms with van der Waals surface area (Å²) in [4.78, 5) is 0. The van der Waals surface area contributed by atoms with Crippen molar-refractivity contribution in [2.45, 2.75) is 13.0 Å². The molecule has 6 rings (SSSR count). The highest BCUT2D eigenvalue weighted by molar-refractivity contribution is 5.88. The molecule has 0 bridgehead atoms. The van der Waals surface area contributed by atoms with Crippen molar-refractivity contribution in [2.75, 3.05) is 10.4 Å². The Balaban J connectivity index is 1.40. The van der Waals surface area contributed by atoms with Crippen LogP contribution in [0.5, 0.6) is 0 Å². The summed E-state index contributed by atoms with van der Waals surface area (Å²) in [7, 11) is 0. The molecule has 5 aromatic rings. The van der Waals surface area contributed by atoms with Gasteiger partial charge in [0, 0.05) is 23.2 Å². The Morgan fingerprint density at radius 3 is 2.74 bits per heavy atom. The monoisotopic (exact) mass is 450 g/mol. The number of H-pyrrole nitrogens is 1. The van der Waals surface area contributed by atoms with E-state index in [1.54, 1.807) is 29.2 Å². The van der Waals surface area contributed by atoms with Crippen molar-refractivity contribution in [3.8, 4) is 17.3 Å². The lowest BCUT2D eigenvalue weighted by molar-refractivity contribution is 0.566. The number of aromatic nitrogens is 4. The summed E-state index contributed by atoms with van der Waals surface area (Å²) in [6.07, 6.45) is 3.44. The summed E-state index contributed by atoms with van der Waals surface area (Å²) in [5.41, 5.74) is 12.0. The number of benzene rings is 3. The number of nitriles is 1. The van der Waals surface area contributed by atoms with Crippen LogP contribution in [0.1, 0.15) is 24.1 Å². The van der Waals surface area contributed by atoms with Gasteiger partial charge in [0.25, 0.3) is 0 Å². The minimum Gasteiger partial charge on any atom is -0.301 e. The summed E-state index contributed by atoms with van der Waals surface area (Å²) >= 11 is 0. The SMILES string of the molecule is CC(c1ccc(C#N)cc1)n1nccc1-c1cc2c(cc1F)NNN2c1ccc2cn[nH]c2c1. The van der Waals surface area contributed by atoms with E-state index in [1.807, 2.05) is 54.4 Å². The number of nitrogens with one attached hydrogen (secondary N) is 3. The first-order valence-electron chi connectivity index (χ1n) is 10.7. The third-order valence-electron chi connectivity index (χ3n) is 6.15. The van der Waals surface area contributed by atoms with E-state index >= 15 is 4.39 Å². The number of rotatable bonds is 4. The second-order valence-electron chi connectivity index (χ2n) is 8.13. The maximum atomic E-state index is 15.3. The maximum Gasteiger partial charge on any atom is 0.134 e. The Kier molecular flexibility index (Phi) is 4.53. The van der Waals surface area contributed by atoms with Crippen LogP contribution in [0.2, 0.25) is 0 Å². The predicted octanol–water partition coefficient (Wildman–Crippen LogP) is 5.03. The summed E-state index contributed by atoms with van der Waals surface area (Å²) in [6, 6.07) is 20.4. The van der Waals surface area contributed by atoms with Crippen molar-refractivity contribution in [1.29, 1.82) is 5.26 Å². The van der Waals surface area contributed by atoms with E-state index in [0.29, 0.717) is 22.5 Å². The molecule has 34 heavy (non-hydrogen) atoms. The fourth-order valence-electron chi connectivity index (χ4n) is 4.30. The zero-order valence-corrected chi connectivity index (χ0v) is 18.1. The van der Waals surface area contributed by atoms with Gasteiger partial charge in [0.2, 0.25) is 0 Å². The highest BCUT2D eigenvalue weighted by Gasteiger charge is 2.25. The molecule has 1 unspecified atom stereocenters. The number of hydrogen-bond acceptors (Lipinski definition) is 6. The smallest absolute Gasteiger partial charge is 0.134 e. The fourth-order valence-corrected chi connectivity index (χ4v) is 4.30. The second kappa shape index (κ2) is 7.72. The van der Waals surface area contributed by atoms with Gasteiger partial charge in [-0.3, -0.25) is 14.8 Å². The van der Waals surface area contributed by atoms with E-state index in [2.05, 4.69) is 32.3 Å². The van der Waals surface area contributed by atoms with Gasteiger partial charge in [-0.05, 0) is 55.0 Å². The zero-order chi connectivity index (χ0) is 23.2. The Morgan fingerprint density at radius 1 is 1.06 bits per heavy atom. The minimum absolute atomic E-state index is 0.152. The largest absolute Gasteiger partial charge is 0.301 e. The molecular weight excluding hydrogens is 431 g/mol. The van der Waals surface area contributed by atoms with Crippen LogP contribution in [0.25, 0.3) is 22.2 Å². The van der Waals surface area contributed by atoms with Crippen molar-refractivity contribution < 1.29 is 4.39 Å². The van der Waals surface area contributed by atoms with Gasteiger partial charge >= 0.3 is 0 Å². The predicted molar refractivity (Wildman–Crippen MR) is 128 cm³/mol.